The second-order valence-corrected chi connectivity index (χ2v) is 7.53. The Hall–Kier alpha value is -2.54. The van der Waals surface area contributed by atoms with Gasteiger partial charge in [0.25, 0.3) is 5.91 Å². The topological polar surface area (TPSA) is 73.9 Å². The maximum atomic E-state index is 12.1. The van der Waals surface area contributed by atoms with E-state index in [1.807, 2.05) is 31.2 Å². The fourth-order valence-corrected chi connectivity index (χ4v) is 4.33. The summed E-state index contributed by atoms with van der Waals surface area (Å²) in [6, 6.07) is 7.18. The summed E-state index contributed by atoms with van der Waals surface area (Å²) in [5.74, 6) is 0.590. The quantitative estimate of drug-likeness (QED) is 0.816. The van der Waals surface area contributed by atoms with Gasteiger partial charge in [0.05, 0.1) is 6.04 Å². The van der Waals surface area contributed by atoms with Crippen LogP contribution in [0.5, 0.6) is 11.5 Å². The predicted octanol–water partition coefficient (Wildman–Crippen LogP) is 3.00. The molecule has 4 rings (SSSR count). The van der Waals surface area contributed by atoms with E-state index in [1.165, 1.54) is 21.8 Å². The van der Waals surface area contributed by atoms with E-state index in [0.29, 0.717) is 16.4 Å². The second kappa shape index (κ2) is 6.99. The Balaban J connectivity index is 1.30. The van der Waals surface area contributed by atoms with Gasteiger partial charge in [0.1, 0.15) is 4.88 Å². The molecule has 0 unspecified atom stereocenters. The summed E-state index contributed by atoms with van der Waals surface area (Å²) >= 11 is 1.47. The first-order valence-electron chi connectivity index (χ1n) is 8.58. The molecule has 1 N–H and O–H groups in total. The highest BCUT2D eigenvalue weighted by Gasteiger charge is 2.21. The third kappa shape index (κ3) is 3.39. The van der Waals surface area contributed by atoms with Gasteiger partial charge < -0.3 is 19.5 Å². The molecule has 2 heterocycles. The molecule has 1 aliphatic carbocycles. The summed E-state index contributed by atoms with van der Waals surface area (Å²) < 4.78 is 15.8. The predicted molar refractivity (Wildman–Crippen MR) is 95.7 cm³/mol. The molecule has 136 valence electrons. The van der Waals surface area contributed by atoms with Gasteiger partial charge in [0.15, 0.2) is 18.1 Å². The van der Waals surface area contributed by atoms with Crippen molar-refractivity contribution in [2.24, 2.45) is 0 Å². The number of amides is 1. The number of hydrogen-bond acceptors (Lipinski definition) is 6. The molecule has 1 atom stereocenters. The molecule has 1 amide bonds. The first-order valence-corrected chi connectivity index (χ1v) is 9.39. The van der Waals surface area contributed by atoms with Gasteiger partial charge in [0, 0.05) is 4.88 Å². The Labute approximate surface area is 155 Å². The summed E-state index contributed by atoms with van der Waals surface area (Å²) in [5.41, 5.74) is 2.13. The second-order valence-electron chi connectivity index (χ2n) is 6.39. The van der Waals surface area contributed by atoms with Gasteiger partial charge in [-0.05, 0) is 55.5 Å². The normalized spacial score (nSPS) is 15.4. The summed E-state index contributed by atoms with van der Waals surface area (Å²) in [5, 5.41) is 2.82. The Morgan fingerprint density at radius 1 is 1.23 bits per heavy atom. The molecular formula is C19H19NO5S. The van der Waals surface area contributed by atoms with Crippen molar-refractivity contribution in [1.82, 2.24) is 5.32 Å². The van der Waals surface area contributed by atoms with Crippen LogP contribution in [0, 0.1) is 0 Å². The standard InChI is InChI=1S/C19H19NO5S/c1-11(12-5-6-14-15(7-12)25-10-24-14)20-18(21)9-23-19(22)17-8-13-3-2-4-16(13)26-17/h5-8,11H,2-4,9-10H2,1H3,(H,20,21)/t11-/m1/s1. The highest BCUT2D eigenvalue weighted by molar-refractivity contribution is 7.14. The minimum Gasteiger partial charge on any atom is -0.454 e. The fraction of sp³-hybridized carbons (Fsp3) is 0.368. The summed E-state index contributed by atoms with van der Waals surface area (Å²) in [6.45, 7) is 1.78. The highest BCUT2D eigenvalue weighted by atomic mass is 32.1. The van der Waals surface area contributed by atoms with Crippen molar-refractivity contribution in [3.05, 3.63) is 45.1 Å². The zero-order valence-electron chi connectivity index (χ0n) is 14.4. The molecule has 0 saturated heterocycles. The van der Waals surface area contributed by atoms with Crippen LogP contribution in [0.2, 0.25) is 0 Å². The van der Waals surface area contributed by atoms with E-state index in [2.05, 4.69) is 5.32 Å². The van der Waals surface area contributed by atoms with E-state index in [4.69, 9.17) is 14.2 Å². The van der Waals surface area contributed by atoms with Gasteiger partial charge in [-0.15, -0.1) is 11.3 Å². The zero-order chi connectivity index (χ0) is 18.1. The van der Waals surface area contributed by atoms with Crippen LogP contribution < -0.4 is 14.8 Å². The van der Waals surface area contributed by atoms with Crippen molar-refractivity contribution in [2.75, 3.05) is 13.4 Å². The lowest BCUT2D eigenvalue weighted by Crippen LogP contribution is -2.31. The largest absolute Gasteiger partial charge is 0.454 e. The molecule has 0 radical (unpaired) electrons. The van der Waals surface area contributed by atoms with E-state index >= 15 is 0 Å². The van der Waals surface area contributed by atoms with Gasteiger partial charge in [-0.3, -0.25) is 4.79 Å². The molecule has 0 saturated carbocycles. The van der Waals surface area contributed by atoms with Gasteiger partial charge in [-0.1, -0.05) is 6.07 Å². The molecule has 0 bridgehead atoms. The molecule has 1 aromatic carbocycles. The third-order valence-electron chi connectivity index (χ3n) is 4.56. The van der Waals surface area contributed by atoms with Crippen molar-refractivity contribution in [3.8, 4) is 11.5 Å². The van der Waals surface area contributed by atoms with Crippen molar-refractivity contribution >= 4 is 23.2 Å². The number of benzene rings is 1. The molecule has 0 spiro atoms. The Bertz CT molecular complexity index is 838. The van der Waals surface area contributed by atoms with E-state index in [0.717, 1.165) is 24.8 Å². The maximum Gasteiger partial charge on any atom is 0.348 e. The van der Waals surface area contributed by atoms with Crippen LogP contribution in [-0.4, -0.2) is 25.3 Å². The van der Waals surface area contributed by atoms with Crippen LogP contribution >= 0.6 is 11.3 Å². The maximum absolute atomic E-state index is 12.1. The smallest absolute Gasteiger partial charge is 0.348 e. The van der Waals surface area contributed by atoms with Crippen LogP contribution in [-0.2, 0) is 22.4 Å². The minimum absolute atomic E-state index is 0.210. The van der Waals surface area contributed by atoms with Crippen molar-refractivity contribution in [1.29, 1.82) is 0 Å². The number of fused-ring (bicyclic) bond motifs is 2. The lowest BCUT2D eigenvalue weighted by molar-refractivity contribution is -0.124. The number of hydrogen-bond donors (Lipinski definition) is 1. The molecule has 2 aromatic rings. The number of carbonyl (C=O) groups excluding carboxylic acids is 2. The zero-order valence-corrected chi connectivity index (χ0v) is 15.2. The Morgan fingerprint density at radius 2 is 2.08 bits per heavy atom. The molecule has 2 aliphatic rings. The van der Waals surface area contributed by atoms with Crippen LogP contribution in [0.4, 0.5) is 0 Å². The number of aryl methyl sites for hydroxylation is 2. The molecule has 6 nitrogen and oxygen atoms in total. The molecule has 26 heavy (non-hydrogen) atoms. The van der Waals surface area contributed by atoms with Crippen molar-refractivity contribution < 1.29 is 23.8 Å². The van der Waals surface area contributed by atoms with E-state index < -0.39 is 5.97 Å². The molecular weight excluding hydrogens is 354 g/mol. The number of esters is 1. The molecule has 7 heteroatoms. The highest BCUT2D eigenvalue weighted by Crippen LogP contribution is 2.34. The number of carbonyl (C=O) groups is 2. The molecule has 0 fully saturated rings. The SMILES string of the molecule is C[C@@H](NC(=O)COC(=O)c1cc2c(s1)CCC2)c1ccc2c(c1)OCO2. The fourth-order valence-electron chi connectivity index (χ4n) is 3.18. The van der Waals surface area contributed by atoms with Gasteiger partial charge in [0.2, 0.25) is 6.79 Å². The van der Waals surface area contributed by atoms with Crippen LogP contribution in [0.1, 0.15) is 45.1 Å². The number of ether oxygens (including phenoxy) is 3. The Morgan fingerprint density at radius 3 is 2.92 bits per heavy atom. The average Bonchev–Trinajstić information content (AvgIpc) is 3.33. The lowest BCUT2D eigenvalue weighted by atomic mass is 10.1. The van der Waals surface area contributed by atoms with Gasteiger partial charge >= 0.3 is 5.97 Å². The third-order valence-corrected chi connectivity index (χ3v) is 5.77. The van der Waals surface area contributed by atoms with Crippen LogP contribution in [0.15, 0.2) is 24.3 Å². The van der Waals surface area contributed by atoms with Gasteiger partial charge in [-0.25, -0.2) is 4.79 Å². The average molecular weight is 373 g/mol. The minimum atomic E-state index is -0.435. The van der Waals surface area contributed by atoms with Crippen LogP contribution in [0.25, 0.3) is 0 Å². The summed E-state index contributed by atoms with van der Waals surface area (Å²) in [4.78, 5) is 26.0. The van der Waals surface area contributed by atoms with E-state index in [-0.39, 0.29) is 25.3 Å². The molecule has 1 aromatic heterocycles. The summed E-state index contributed by atoms with van der Waals surface area (Å²) in [7, 11) is 0. The Kier molecular flexibility index (Phi) is 4.55. The van der Waals surface area contributed by atoms with Crippen LogP contribution in [0.3, 0.4) is 0 Å². The van der Waals surface area contributed by atoms with E-state index in [1.54, 1.807) is 0 Å². The summed E-state index contributed by atoms with van der Waals surface area (Å²) in [6.07, 6.45) is 3.20. The number of rotatable bonds is 5. The number of thiophene rings is 1. The monoisotopic (exact) mass is 373 g/mol. The lowest BCUT2D eigenvalue weighted by Gasteiger charge is -2.14. The number of nitrogens with one attached hydrogen (secondary N) is 1. The first-order chi connectivity index (χ1) is 12.6. The van der Waals surface area contributed by atoms with Gasteiger partial charge in [-0.2, -0.15) is 0 Å². The van der Waals surface area contributed by atoms with E-state index in [9.17, 15) is 9.59 Å². The first kappa shape index (κ1) is 16.9. The van der Waals surface area contributed by atoms with Crippen molar-refractivity contribution in [2.45, 2.75) is 32.2 Å². The molecule has 1 aliphatic heterocycles. The van der Waals surface area contributed by atoms with Crippen molar-refractivity contribution in [3.63, 3.8) is 0 Å².